The standard InChI is InChI=1S/C26H23NP.H2O4S/c1-26(21-13-5-2-6-14-21)27-24-19-11-12-20-25(24)28(26,22-15-7-3-8-16-22)23-17-9-4-10-18-23;1-5(2,3)4/h2-20,27H,1H3;(H2,1,2,3,4)/q+1;/p-1. The minimum Gasteiger partial charge on any atom is -0.726 e. The van der Waals surface area contributed by atoms with Gasteiger partial charge < -0.3 is 9.87 Å². The van der Waals surface area contributed by atoms with Crippen molar-refractivity contribution in [3.8, 4) is 0 Å². The maximum atomic E-state index is 8.63. The zero-order valence-electron chi connectivity index (χ0n) is 18.0. The highest BCUT2D eigenvalue weighted by Gasteiger charge is 2.66. The summed E-state index contributed by atoms with van der Waals surface area (Å²) in [5, 5.41) is 7.99. The Bertz CT molecular complexity index is 1290. The molecule has 0 aromatic heterocycles. The van der Waals surface area contributed by atoms with Crippen molar-refractivity contribution in [2.45, 2.75) is 12.2 Å². The molecule has 0 bridgehead atoms. The highest BCUT2D eigenvalue weighted by molar-refractivity contribution is 7.97. The molecule has 1 aliphatic rings. The van der Waals surface area contributed by atoms with Crippen LogP contribution >= 0.6 is 7.26 Å². The smallest absolute Gasteiger partial charge is 0.215 e. The lowest BCUT2D eigenvalue weighted by atomic mass is 10.1. The molecule has 7 heteroatoms. The van der Waals surface area contributed by atoms with Crippen molar-refractivity contribution in [1.82, 2.24) is 0 Å². The van der Waals surface area contributed by atoms with E-state index in [1.54, 1.807) is 0 Å². The quantitative estimate of drug-likeness (QED) is 0.261. The molecule has 0 fully saturated rings. The van der Waals surface area contributed by atoms with E-state index in [9.17, 15) is 0 Å². The average molecular weight is 478 g/mol. The largest absolute Gasteiger partial charge is 0.726 e. The predicted molar refractivity (Wildman–Crippen MR) is 135 cm³/mol. The van der Waals surface area contributed by atoms with Crippen LogP contribution in [0.1, 0.15) is 12.5 Å². The van der Waals surface area contributed by atoms with Crippen molar-refractivity contribution >= 4 is 39.3 Å². The number of benzene rings is 4. The van der Waals surface area contributed by atoms with Gasteiger partial charge in [0.15, 0.2) is 5.28 Å². The van der Waals surface area contributed by atoms with Crippen LogP contribution in [0, 0.1) is 0 Å². The molecule has 1 atom stereocenters. The zero-order valence-corrected chi connectivity index (χ0v) is 19.7. The number of anilines is 1. The van der Waals surface area contributed by atoms with E-state index in [0.717, 1.165) is 0 Å². The van der Waals surface area contributed by atoms with Crippen LogP contribution in [0.5, 0.6) is 0 Å². The summed E-state index contributed by atoms with van der Waals surface area (Å²) in [6.07, 6.45) is 0. The van der Waals surface area contributed by atoms with Gasteiger partial charge in [-0.3, -0.25) is 4.55 Å². The molecule has 5 nitrogen and oxygen atoms in total. The van der Waals surface area contributed by atoms with Crippen LogP contribution in [0.25, 0.3) is 0 Å². The summed E-state index contributed by atoms with van der Waals surface area (Å²) in [6.45, 7) is 2.39. The number of rotatable bonds is 3. The van der Waals surface area contributed by atoms with E-state index >= 15 is 0 Å². The van der Waals surface area contributed by atoms with Gasteiger partial charge in [0.1, 0.15) is 23.2 Å². The fourth-order valence-corrected chi connectivity index (χ4v) is 9.97. The van der Waals surface area contributed by atoms with Crippen LogP contribution in [-0.2, 0) is 15.7 Å². The summed E-state index contributed by atoms with van der Waals surface area (Å²) in [5.41, 5.74) is 2.57. The van der Waals surface area contributed by atoms with Crippen LogP contribution in [0.2, 0.25) is 0 Å². The second-order valence-electron chi connectivity index (χ2n) is 7.85. The summed E-state index contributed by atoms with van der Waals surface area (Å²) in [4.78, 5) is 0. The number of fused-ring (bicyclic) bond motifs is 1. The van der Waals surface area contributed by atoms with E-state index in [1.165, 1.54) is 27.2 Å². The molecule has 1 unspecified atom stereocenters. The Morgan fingerprint density at radius 1 is 0.727 bits per heavy atom. The van der Waals surface area contributed by atoms with Gasteiger partial charge in [-0.25, -0.2) is 8.42 Å². The lowest BCUT2D eigenvalue weighted by molar-refractivity contribution is 0.366. The Labute approximate surface area is 195 Å². The Morgan fingerprint density at radius 2 is 1.12 bits per heavy atom. The van der Waals surface area contributed by atoms with Crippen molar-refractivity contribution in [2.75, 3.05) is 5.32 Å². The van der Waals surface area contributed by atoms with Gasteiger partial charge in [-0.05, 0) is 43.3 Å². The molecule has 0 amide bonds. The molecule has 4 aromatic carbocycles. The molecule has 0 radical (unpaired) electrons. The molecule has 1 heterocycles. The molecular weight excluding hydrogens is 453 g/mol. The first kappa shape index (κ1) is 23.1. The summed E-state index contributed by atoms with van der Waals surface area (Å²) >= 11 is 0. The van der Waals surface area contributed by atoms with Gasteiger partial charge in [0.2, 0.25) is 10.4 Å². The Kier molecular flexibility index (Phi) is 6.37. The van der Waals surface area contributed by atoms with E-state index in [2.05, 4.69) is 128 Å². The Hall–Kier alpha value is -3.02. The molecule has 168 valence electrons. The molecule has 1 aliphatic heterocycles. The van der Waals surface area contributed by atoms with Crippen LogP contribution < -0.4 is 21.2 Å². The van der Waals surface area contributed by atoms with Crippen LogP contribution in [0.3, 0.4) is 0 Å². The third-order valence-electron chi connectivity index (χ3n) is 5.94. The molecular formula is C26H24NO4PS. The van der Waals surface area contributed by atoms with E-state index < -0.39 is 17.7 Å². The molecule has 0 aliphatic carbocycles. The molecule has 0 spiro atoms. The van der Waals surface area contributed by atoms with Crippen molar-refractivity contribution in [3.05, 3.63) is 121 Å². The fraction of sp³-hybridized carbons (Fsp3) is 0.0769. The van der Waals surface area contributed by atoms with Gasteiger partial charge >= 0.3 is 0 Å². The lowest BCUT2D eigenvalue weighted by Crippen LogP contribution is -2.42. The fourth-order valence-electron chi connectivity index (χ4n) is 4.73. The van der Waals surface area contributed by atoms with Crippen LogP contribution in [0.4, 0.5) is 5.69 Å². The third kappa shape index (κ3) is 4.31. The minimum absolute atomic E-state index is 0.222. The van der Waals surface area contributed by atoms with Crippen molar-refractivity contribution in [1.29, 1.82) is 0 Å². The number of hydrogen-bond acceptors (Lipinski definition) is 4. The van der Waals surface area contributed by atoms with Crippen molar-refractivity contribution < 1.29 is 17.5 Å². The van der Waals surface area contributed by atoms with Crippen LogP contribution in [-0.4, -0.2) is 17.5 Å². The number of nitrogens with one attached hydrogen (secondary N) is 1. The lowest BCUT2D eigenvalue weighted by Gasteiger charge is -2.37. The predicted octanol–water partition coefficient (Wildman–Crippen LogP) is 4.28. The van der Waals surface area contributed by atoms with E-state index in [4.69, 9.17) is 17.5 Å². The maximum Gasteiger partial charge on any atom is 0.215 e. The molecule has 0 saturated carbocycles. The Balaban J connectivity index is 0.000000471. The number of para-hydroxylation sites is 1. The van der Waals surface area contributed by atoms with E-state index in [1.807, 2.05) is 0 Å². The molecule has 5 rings (SSSR count). The van der Waals surface area contributed by atoms with Gasteiger partial charge in [0.05, 0.1) is 5.69 Å². The van der Waals surface area contributed by atoms with Gasteiger partial charge in [-0.15, -0.1) is 0 Å². The zero-order chi connectivity index (χ0) is 23.5. The molecule has 2 N–H and O–H groups in total. The minimum atomic E-state index is -4.92. The van der Waals surface area contributed by atoms with Gasteiger partial charge in [0.25, 0.3) is 0 Å². The van der Waals surface area contributed by atoms with Crippen molar-refractivity contribution in [2.24, 2.45) is 0 Å². The topological polar surface area (TPSA) is 89.5 Å². The summed E-state index contributed by atoms with van der Waals surface area (Å²) in [7, 11) is -6.91. The molecule has 0 saturated heterocycles. The Morgan fingerprint density at radius 3 is 1.61 bits per heavy atom. The second-order valence-corrected chi connectivity index (χ2v) is 12.5. The average Bonchev–Trinajstić information content (AvgIpc) is 3.10. The molecule has 4 aromatic rings. The monoisotopic (exact) mass is 477 g/mol. The molecule has 33 heavy (non-hydrogen) atoms. The first-order chi connectivity index (χ1) is 15.8. The maximum absolute atomic E-state index is 8.63. The van der Waals surface area contributed by atoms with Crippen molar-refractivity contribution in [3.63, 3.8) is 0 Å². The van der Waals surface area contributed by atoms with Crippen LogP contribution in [0.15, 0.2) is 115 Å². The van der Waals surface area contributed by atoms with Gasteiger partial charge in [-0.1, -0.05) is 78.9 Å². The SMILES string of the molecule is CC1(c2ccccc2)Nc2ccccc2[P+]1(c1ccccc1)c1ccccc1.O=S(=O)([O-])O. The highest BCUT2D eigenvalue weighted by atomic mass is 32.3. The van der Waals surface area contributed by atoms with Gasteiger partial charge in [0, 0.05) is 5.56 Å². The second kappa shape index (κ2) is 9.08. The van der Waals surface area contributed by atoms with Gasteiger partial charge in [-0.2, -0.15) is 0 Å². The van der Waals surface area contributed by atoms with E-state index in [-0.39, 0.29) is 5.28 Å². The number of hydrogen-bond donors (Lipinski definition) is 2. The summed E-state index contributed by atoms with van der Waals surface area (Å²) in [6, 6.07) is 41.9. The first-order valence-electron chi connectivity index (χ1n) is 10.4. The first-order valence-corrected chi connectivity index (χ1v) is 13.5. The highest BCUT2D eigenvalue weighted by Crippen LogP contribution is 2.73. The normalized spacial score (nSPS) is 18.4. The third-order valence-corrected chi connectivity index (χ3v) is 10.9. The van der Waals surface area contributed by atoms with E-state index in [0.29, 0.717) is 0 Å². The summed E-state index contributed by atoms with van der Waals surface area (Å²) in [5.74, 6) is 0. The summed E-state index contributed by atoms with van der Waals surface area (Å²) < 4.78 is 32.8.